The van der Waals surface area contributed by atoms with Crippen LogP contribution in [0.15, 0.2) is 6.07 Å². The van der Waals surface area contributed by atoms with E-state index in [0.29, 0.717) is 5.69 Å². The Morgan fingerprint density at radius 3 is 2.71 bits per heavy atom. The number of carbonyl (C=O) groups is 1. The molecular weight excluding hydrogens is 218 g/mol. The lowest BCUT2D eigenvalue weighted by atomic mass is 9.80. The summed E-state index contributed by atoms with van der Waals surface area (Å²) >= 11 is 0. The van der Waals surface area contributed by atoms with Crippen LogP contribution in [0.3, 0.4) is 0 Å². The zero-order chi connectivity index (χ0) is 12.5. The van der Waals surface area contributed by atoms with Crippen LogP contribution in [0.1, 0.15) is 48.3 Å². The van der Waals surface area contributed by atoms with Crippen LogP contribution >= 0.6 is 0 Å². The molecule has 0 aromatic carbocycles. The molecule has 0 aliphatic heterocycles. The Labute approximate surface area is 101 Å². The predicted octanol–water partition coefficient (Wildman–Crippen LogP) is 1.32. The van der Waals surface area contributed by atoms with Gasteiger partial charge in [0.1, 0.15) is 0 Å². The first-order valence-electron chi connectivity index (χ1n) is 5.98. The van der Waals surface area contributed by atoms with E-state index in [4.69, 9.17) is 5.73 Å². The third-order valence-electron chi connectivity index (χ3n) is 3.53. The van der Waals surface area contributed by atoms with Gasteiger partial charge < -0.3 is 10.5 Å². The summed E-state index contributed by atoms with van der Waals surface area (Å²) in [5.74, 6) is -0.411. The molecule has 0 unspecified atom stereocenters. The van der Waals surface area contributed by atoms with Crippen LogP contribution in [-0.2, 0) is 17.3 Å². The Kier molecular flexibility index (Phi) is 3.19. The van der Waals surface area contributed by atoms with Crippen molar-refractivity contribution < 1.29 is 9.53 Å². The van der Waals surface area contributed by atoms with Crippen molar-refractivity contribution in [3.05, 3.63) is 17.5 Å². The number of nitrogens with two attached hydrogens (primary N) is 1. The third kappa shape index (κ3) is 2.20. The molecule has 1 fully saturated rings. The third-order valence-corrected chi connectivity index (χ3v) is 3.53. The highest BCUT2D eigenvalue weighted by molar-refractivity contribution is 5.87. The monoisotopic (exact) mass is 237 g/mol. The van der Waals surface area contributed by atoms with Crippen molar-refractivity contribution in [3.63, 3.8) is 0 Å². The van der Waals surface area contributed by atoms with Gasteiger partial charge in [0.25, 0.3) is 0 Å². The minimum Gasteiger partial charge on any atom is -0.464 e. The molecule has 0 atom stereocenters. The highest BCUT2D eigenvalue weighted by Gasteiger charge is 2.33. The maximum absolute atomic E-state index is 11.4. The largest absolute Gasteiger partial charge is 0.464 e. The van der Waals surface area contributed by atoms with E-state index in [-0.39, 0.29) is 5.54 Å². The van der Waals surface area contributed by atoms with E-state index in [9.17, 15) is 4.79 Å². The predicted molar refractivity (Wildman–Crippen MR) is 63.5 cm³/mol. The molecule has 1 aliphatic carbocycles. The van der Waals surface area contributed by atoms with Gasteiger partial charge in [-0.1, -0.05) is 19.3 Å². The van der Waals surface area contributed by atoms with Crippen molar-refractivity contribution in [3.8, 4) is 0 Å². The van der Waals surface area contributed by atoms with Crippen molar-refractivity contribution in [1.29, 1.82) is 0 Å². The molecule has 1 aliphatic rings. The second-order valence-corrected chi connectivity index (χ2v) is 4.75. The molecule has 5 heteroatoms. The van der Waals surface area contributed by atoms with Crippen LogP contribution in [0, 0.1) is 0 Å². The Hall–Kier alpha value is -1.36. The molecule has 1 saturated carbocycles. The standard InChI is InChI=1S/C12H19N3O2/c1-15-10(8-9(14-15)11(16)17-2)12(13)6-4-3-5-7-12/h8H,3-7,13H2,1-2H3. The number of rotatable bonds is 2. The molecule has 1 aromatic heterocycles. The van der Waals surface area contributed by atoms with E-state index in [1.165, 1.54) is 13.5 Å². The van der Waals surface area contributed by atoms with Crippen LogP contribution < -0.4 is 5.73 Å². The highest BCUT2D eigenvalue weighted by Crippen LogP contribution is 2.34. The summed E-state index contributed by atoms with van der Waals surface area (Å²) in [6, 6.07) is 1.76. The van der Waals surface area contributed by atoms with Crippen LogP contribution in [0.5, 0.6) is 0 Å². The van der Waals surface area contributed by atoms with Crippen molar-refractivity contribution in [1.82, 2.24) is 9.78 Å². The van der Waals surface area contributed by atoms with Gasteiger partial charge in [0, 0.05) is 7.05 Å². The highest BCUT2D eigenvalue weighted by atomic mass is 16.5. The summed E-state index contributed by atoms with van der Waals surface area (Å²) in [5.41, 5.74) is 7.34. The van der Waals surface area contributed by atoms with Crippen molar-refractivity contribution >= 4 is 5.97 Å². The SMILES string of the molecule is COC(=O)c1cc(C2(N)CCCCC2)n(C)n1. The molecule has 0 saturated heterocycles. The molecule has 0 spiro atoms. The smallest absolute Gasteiger partial charge is 0.358 e. The summed E-state index contributed by atoms with van der Waals surface area (Å²) < 4.78 is 6.38. The van der Waals surface area contributed by atoms with E-state index in [0.717, 1.165) is 31.4 Å². The Morgan fingerprint density at radius 2 is 2.12 bits per heavy atom. The fourth-order valence-corrected chi connectivity index (χ4v) is 2.58. The second-order valence-electron chi connectivity index (χ2n) is 4.75. The van der Waals surface area contributed by atoms with E-state index >= 15 is 0 Å². The van der Waals surface area contributed by atoms with Gasteiger partial charge in [-0.3, -0.25) is 4.68 Å². The number of aryl methyl sites for hydroxylation is 1. The van der Waals surface area contributed by atoms with Gasteiger partial charge in [0.05, 0.1) is 18.3 Å². The number of carbonyl (C=O) groups excluding carboxylic acids is 1. The van der Waals surface area contributed by atoms with Crippen LogP contribution in [0.4, 0.5) is 0 Å². The van der Waals surface area contributed by atoms with E-state index in [2.05, 4.69) is 9.84 Å². The lowest BCUT2D eigenvalue weighted by Gasteiger charge is -2.33. The molecule has 94 valence electrons. The fraction of sp³-hybridized carbons (Fsp3) is 0.667. The second kappa shape index (κ2) is 4.49. The summed E-state index contributed by atoms with van der Waals surface area (Å²) in [4.78, 5) is 11.4. The number of hydrogen-bond donors (Lipinski definition) is 1. The first-order valence-corrected chi connectivity index (χ1v) is 5.98. The Morgan fingerprint density at radius 1 is 1.47 bits per heavy atom. The average Bonchev–Trinajstić information content (AvgIpc) is 2.72. The summed E-state index contributed by atoms with van der Waals surface area (Å²) in [6.07, 6.45) is 5.41. The van der Waals surface area contributed by atoms with Gasteiger partial charge in [0.15, 0.2) is 5.69 Å². The summed E-state index contributed by atoms with van der Waals surface area (Å²) in [7, 11) is 3.18. The van der Waals surface area contributed by atoms with Gasteiger partial charge in [-0.05, 0) is 18.9 Å². The lowest BCUT2D eigenvalue weighted by Crippen LogP contribution is -2.40. The van der Waals surface area contributed by atoms with Crippen molar-refractivity contribution in [2.24, 2.45) is 12.8 Å². The molecule has 1 aromatic rings. The maximum atomic E-state index is 11.4. The van der Waals surface area contributed by atoms with Gasteiger partial charge in [-0.2, -0.15) is 5.10 Å². The average molecular weight is 237 g/mol. The van der Waals surface area contributed by atoms with Crippen LogP contribution in [0.2, 0.25) is 0 Å². The zero-order valence-corrected chi connectivity index (χ0v) is 10.4. The molecule has 2 N–H and O–H groups in total. The van der Waals surface area contributed by atoms with Crippen molar-refractivity contribution in [2.45, 2.75) is 37.6 Å². The molecular formula is C12H19N3O2. The van der Waals surface area contributed by atoms with Gasteiger partial charge in [-0.15, -0.1) is 0 Å². The molecule has 5 nitrogen and oxygen atoms in total. The zero-order valence-electron chi connectivity index (χ0n) is 10.4. The quantitative estimate of drug-likeness (QED) is 0.788. The minimum absolute atomic E-state index is 0.334. The number of methoxy groups -OCH3 is 1. The summed E-state index contributed by atoms with van der Waals surface area (Å²) in [6.45, 7) is 0. The number of aromatic nitrogens is 2. The number of hydrogen-bond acceptors (Lipinski definition) is 4. The molecule has 0 bridgehead atoms. The van der Waals surface area contributed by atoms with E-state index in [1.807, 2.05) is 7.05 Å². The van der Waals surface area contributed by atoms with Gasteiger partial charge in [0.2, 0.25) is 0 Å². The van der Waals surface area contributed by atoms with E-state index < -0.39 is 5.97 Å². The van der Waals surface area contributed by atoms with Gasteiger partial charge in [-0.25, -0.2) is 4.79 Å². The number of nitrogens with zero attached hydrogens (tertiary/aromatic N) is 2. The summed E-state index contributed by atoms with van der Waals surface area (Å²) in [5, 5.41) is 4.16. The molecule has 2 rings (SSSR count). The van der Waals surface area contributed by atoms with Crippen molar-refractivity contribution in [2.75, 3.05) is 7.11 Å². The topological polar surface area (TPSA) is 70.1 Å². The lowest BCUT2D eigenvalue weighted by molar-refractivity contribution is 0.0593. The molecule has 0 amide bonds. The number of ether oxygens (including phenoxy) is 1. The van der Waals surface area contributed by atoms with E-state index in [1.54, 1.807) is 10.7 Å². The normalized spacial score (nSPS) is 19.0. The number of esters is 1. The first kappa shape index (κ1) is 12.1. The Balaban J connectivity index is 2.31. The molecule has 1 heterocycles. The first-order chi connectivity index (χ1) is 8.07. The fourth-order valence-electron chi connectivity index (χ4n) is 2.58. The van der Waals surface area contributed by atoms with Crippen LogP contribution in [0.25, 0.3) is 0 Å². The molecule has 0 radical (unpaired) electrons. The molecule has 17 heavy (non-hydrogen) atoms. The van der Waals surface area contributed by atoms with Gasteiger partial charge >= 0.3 is 5.97 Å². The van der Waals surface area contributed by atoms with Crippen LogP contribution in [-0.4, -0.2) is 22.9 Å². The maximum Gasteiger partial charge on any atom is 0.358 e. The Bertz CT molecular complexity index is 419. The minimum atomic E-state index is -0.411.